The van der Waals surface area contributed by atoms with Crippen LogP contribution in [0.1, 0.15) is 46.0 Å². The molecule has 0 radical (unpaired) electrons. The van der Waals surface area contributed by atoms with E-state index in [9.17, 15) is 9.59 Å². The van der Waals surface area contributed by atoms with Crippen LogP contribution in [-0.4, -0.2) is 29.2 Å². The van der Waals surface area contributed by atoms with E-state index in [0.717, 1.165) is 25.7 Å². The van der Waals surface area contributed by atoms with Gasteiger partial charge in [-0.25, -0.2) is 4.79 Å². The minimum absolute atomic E-state index is 0.0225. The Labute approximate surface area is 114 Å². The van der Waals surface area contributed by atoms with E-state index in [1.807, 2.05) is 0 Å². The number of carboxylic acids is 1. The monoisotopic (exact) mass is 268 g/mol. The van der Waals surface area contributed by atoms with Crippen molar-refractivity contribution >= 4 is 12.0 Å². The first kappa shape index (κ1) is 14.2. The third-order valence-corrected chi connectivity index (χ3v) is 4.68. The van der Waals surface area contributed by atoms with E-state index in [-0.39, 0.29) is 24.5 Å². The fourth-order valence-corrected chi connectivity index (χ4v) is 2.97. The lowest BCUT2D eigenvalue weighted by molar-refractivity contribution is -0.137. The highest BCUT2D eigenvalue weighted by Gasteiger charge is 2.35. The summed E-state index contributed by atoms with van der Waals surface area (Å²) in [5, 5.41) is 14.7. The summed E-state index contributed by atoms with van der Waals surface area (Å²) in [4.78, 5) is 22.8. The van der Waals surface area contributed by atoms with Crippen molar-refractivity contribution in [3.05, 3.63) is 0 Å². The van der Waals surface area contributed by atoms with Gasteiger partial charge in [-0.05, 0) is 43.4 Å². The lowest BCUT2D eigenvalue weighted by Gasteiger charge is -2.22. The Morgan fingerprint density at radius 1 is 1.21 bits per heavy atom. The molecule has 0 aliphatic heterocycles. The smallest absolute Gasteiger partial charge is 0.315 e. The van der Waals surface area contributed by atoms with Gasteiger partial charge in [0, 0.05) is 12.1 Å². The van der Waals surface area contributed by atoms with Gasteiger partial charge in [0.25, 0.3) is 0 Å². The molecule has 0 saturated heterocycles. The molecule has 0 aromatic carbocycles. The van der Waals surface area contributed by atoms with Crippen LogP contribution in [0.5, 0.6) is 0 Å². The van der Waals surface area contributed by atoms with Crippen LogP contribution in [0.25, 0.3) is 0 Å². The SMILES string of the molecule is CC1CCC(NC(=O)NC(CC(=O)O)C2CC2)C1C. The zero-order valence-corrected chi connectivity index (χ0v) is 11.7. The molecule has 5 nitrogen and oxygen atoms in total. The molecule has 0 heterocycles. The maximum absolute atomic E-state index is 12.0. The van der Waals surface area contributed by atoms with E-state index in [1.165, 1.54) is 0 Å². The number of carbonyl (C=O) groups is 2. The predicted octanol–water partition coefficient (Wildman–Crippen LogP) is 1.97. The fourth-order valence-electron chi connectivity index (χ4n) is 2.97. The Bertz CT molecular complexity index is 355. The largest absolute Gasteiger partial charge is 0.481 e. The van der Waals surface area contributed by atoms with Gasteiger partial charge in [-0.1, -0.05) is 13.8 Å². The first-order chi connectivity index (χ1) is 8.97. The number of aliphatic carboxylic acids is 1. The second-order valence-corrected chi connectivity index (χ2v) is 6.18. The summed E-state index contributed by atoms with van der Waals surface area (Å²) in [6, 6.07) is -0.199. The number of urea groups is 1. The highest BCUT2D eigenvalue weighted by molar-refractivity contribution is 5.76. The number of carbonyl (C=O) groups excluding carboxylic acids is 1. The lowest BCUT2D eigenvalue weighted by atomic mass is 9.98. The maximum atomic E-state index is 12.0. The Morgan fingerprint density at radius 3 is 2.37 bits per heavy atom. The van der Waals surface area contributed by atoms with Crippen LogP contribution in [0.15, 0.2) is 0 Å². The topological polar surface area (TPSA) is 78.4 Å². The summed E-state index contributed by atoms with van der Waals surface area (Å²) in [6.07, 6.45) is 4.23. The number of carboxylic acid groups (broad SMARTS) is 1. The molecule has 108 valence electrons. The van der Waals surface area contributed by atoms with E-state index in [1.54, 1.807) is 0 Å². The van der Waals surface area contributed by atoms with E-state index in [2.05, 4.69) is 24.5 Å². The molecule has 5 heteroatoms. The molecule has 0 aromatic rings. The second-order valence-electron chi connectivity index (χ2n) is 6.18. The molecular weight excluding hydrogens is 244 g/mol. The Balaban J connectivity index is 1.80. The summed E-state index contributed by atoms with van der Waals surface area (Å²) >= 11 is 0. The van der Waals surface area contributed by atoms with Gasteiger partial charge in [-0.15, -0.1) is 0 Å². The molecule has 2 aliphatic carbocycles. The molecular formula is C14H24N2O3. The second kappa shape index (κ2) is 5.80. The molecule has 2 fully saturated rings. The maximum Gasteiger partial charge on any atom is 0.315 e. The van der Waals surface area contributed by atoms with Crippen molar-refractivity contribution in [2.75, 3.05) is 0 Å². The van der Waals surface area contributed by atoms with Crippen LogP contribution in [-0.2, 0) is 4.79 Å². The summed E-state index contributed by atoms with van der Waals surface area (Å²) in [5.74, 6) is 0.634. The molecule has 19 heavy (non-hydrogen) atoms. The average molecular weight is 268 g/mol. The lowest BCUT2D eigenvalue weighted by Crippen LogP contribution is -2.48. The Morgan fingerprint density at radius 2 is 1.89 bits per heavy atom. The number of hydrogen-bond acceptors (Lipinski definition) is 2. The molecule has 4 unspecified atom stereocenters. The third-order valence-electron chi connectivity index (χ3n) is 4.68. The predicted molar refractivity (Wildman–Crippen MR) is 71.8 cm³/mol. The standard InChI is InChI=1S/C14H24N2O3/c1-8-3-6-11(9(8)2)15-14(19)16-12(7-13(17)18)10-4-5-10/h8-12H,3-7H2,1-2H3,(H,17,18)(H2,15,16,19). The van der Waals surface area contributed by atoms with Gasteiger partial charge in [0.1, 0.15) is 0 Å². The minimum atomic E-state index is -0.847. The van der Waals surface area contributed by atoms with Crippen molar-refractivity contribution in [2.24, 2.45) is 17.8 Å². The van der Waals surface area contributed by atoms with Gasteiger partial charge >= 0.3 is 12.0 Å². The highest BCUT2D eigenvalue weighted by atomic mass is 16.4. The molecule has 2 aliphatic rings. The number of nitrogens with one attached hydrogen (secondary N) is 2. The third kappa shape index (κ3) is 3.85. The van der Waals surface area contributed by atoms with Crippen LogP contribution < -0.4 is 10.6 Å². The summed E-state index contributed by atoms with van der Waals surface area (Å²) in [5.41, 5.74) is 0. The summed E-state index contributed by atoms with van der Waals surface area (Å²) in [6.45, 7) is 4.37. The van der Waals surface area contributed by atoms with Gasteiger partial charge in [0.05, 0.1) is 6.42 Å². The van der Waals surface area contributed by atoms with Crippen LogP contribution in [0, 0.1) is 17.8 Å². The Hall–Kier alpha value is -1.26. The summed E-state index contributed by atoms with van der Waals surface area (Å²) in [7, 11) is 0. The molecule has 0 spiro atoms. The highest BCUT2D eigenvalue weighted by Crippen LogP contribution is 2.34. The number of hydrogen-bond donors (Lipinski definition) is 3. The van der Waals surface area contributed by atoms with Crippen LogP contribution in [0.3, 0.4) is 0 Å². The molecule has 0 aromatic heterocycles. The first-order valence-corrected chi connectivity index (χ1v) is 7.26. The first-order valence-electron chi connectivity index (χ1n) is 7.26. The van der Waals surface area contributed by atoms with Gasteiger partial charge in [0.2, 0.25) is 0 Å². The van der Waals surface area contributed by atoms with Gasteiger partial charge in [0.15, 0.2) is 0 Å². The molecule has 0 bridgehead atoms. The van der Waals surface area contributed by atoms with Crippen molar-refractivity contribution in [3.63, 3.8) is 0 Å². The van der Waals surface area contributed by atoms with Crippen LogP contribution in [0.4, 0.5) is 4.79 Å². The van der Waals surface area contributed by atoms with Gasteiger partial charge in [-0.3, -0.25) is 4.79 Å². The van der Waals surface area contributed by atoms with E-state index >= 15 is 0 Å². The van der Waals surface area contributed by atoms with E-state index in [4.69, 9.17) is 5.11 Å². The fraction of sp³-hybridized carbons (Fsp3) is 0.857. The molecule has 2 rings (SSSR count). The van der Waals surface area contributed by atoms with E-state index in [0.29, 0.717) is 17.8 Å². The minimum Gasteiger partial charge on any atom is -0.481 e. The van der Waals surface area contributed by atoms with Crippen LogP contribution >= 0.6 is 0 Å². The molecule has 4 atom stereocenters. The van der Waals surface area contributed by atoms with Crippen molar-refractivity contribution in [1.29, 1.82) is 0 Å². The van der Waals surface area contributed by atoms with Crippen LogP contribution in [0.2, 0.25) is 0 Å². The molecule has 3 N–H and O–H groups in total. The van der Waals surface area contributed by atoms with Crippen molar-refractivity contribution in [2.45, 2.75) is 58.0 Å². The zero-order valence-electron chi connectivity index (χ0n) is 11.7. The zero-order chi connectivity index (χ0) is 14.0. The van der Waals surface area contributed by atoms with Crippen molar-refractivity contribution in [3.8, 4) is 0 Å². The number of rotatable bonds is 5. The van der Waals surface area contributed by atoms with Crippen molar-refractivity contribution in [1.82, 2.24) is 10.6 Å². The summed E-state index contributed by atoms with van der Waals surface area (Å²) < 4.78 is 0. The van der Waals surface area contributed by atoms with Gasteiger partial charge in [-0.2, -0.15) is 0 Å². The normalized spacial score (nSPS) is 31.8. The molecule has 2 amide bonds. The van der Waals surface area contributed by atoms with E-state index < -0.39 is 5.97 Å². The quantitative estimate of drug-likeness (QED) is 0.713. The van der Waals surface area contributed by atoms with Crippen molar-refractivity contribution < 1.29 is 14.7 Å². The molecule has 2 saturated carbocycles. The van der Waals surface area contributed by atoms with Gasteiger partial charge < -0.3 is 15.7 Å². The average Bonchev–Trinajstić information content (AvgIpc) is 3.11. The number of amides is 2. The Kier molecular flexibility index (Phi) is 4.32.